The molecular weight excluding hydrogens is 236 g/mol. The molecule has 0 spiro atoms. The molecule has 0 radical (unpaired) electrons. The molecule has 17 heavy (non-hydrogen) atoms. The van der Waals surface area contributed by atoms with Crippen LogP contribution in [-0.4, -0.2) is 26.3 Å². The third-order valence-electron chi connectivity index (χ3n) is 2.38. The number of para-hydroxylation sites is 1. The van der Waals surface area contributed by atoms with E-state index in [0.29, 0.717) is 12.2 Å². The minimum absolute atomic E-state index is 0.282. The maximum Gasteiger partial charge on any atom is 0.236 e. The Hall–Kier alpha value is -1.07. The molecule has 1 unspecified atom stereocenters. The Balaban J connectivity index is 2.62. The molecule has 4 nitrogen and oxygen atoms in total. The van der Waals surface area contributed by atoms with E-state index in [-0.39, 0.29) is 6.04 Å². The number of rotatable bonds is 6. The van der Waals surface area contributed by atoms with Crippen LogP contribution in [0, 0.1) is 0 Å². The van der Waals surface area contributed by atoms with Gasteiger partial charge >= 0.3 is 0 Å². The van der Waals surface area contributed by atoms with Crippen molar-refractivity contribution in [2.75, 3.05) is 11.3 Å². The summed E-state index contributed by atoms with van der Waals surface area (Å²) in [5, 5.41) is 2.65. The predicted octanol–water partition coefficient (Wildman–Crippen LogP) is 1.81. The lowest BCUT2D eigenvalue weighted by atomic mass is 10.3. The van der Waals surface area contributed by atoms with Gasteiger partial charge < -0.3 is 5.32 Å². The van der Waals surface area contributed by atoms with Crippen molar-refractivity contribution in [2.24, 2.45) is 0 Å². The van der Waals surface area contributed by atoms with Crippen molar-refractivity contribution in [1.82, 2.24) is 5.32 Å². The van der Waals surface area contributed by atoms with Crippen molar-refractivity contribution in [3.8, 4) is 0 Å². The predicted molar refractivity (Wildman–Crippen MR) is 71.6 cm³/mol. The minimum Gasteiger partial charge on any atom is -0.313 e. The molecule has 1 rings (SSSR count). The first kappa shape index (κ1) is 14.0. The van der Waals surface area contributed by atoms with Crippen LogP contribution in [0.5, 0.6) is 0 Å². The van der Waals surface area contributed by atoms with Gasteiger partial charge in [-0.2, -0.15) is 0 Å². The van der Waals surface area contributed by atoms with Crippen LogP contribution in [0.4, 0.5) is 5.69 Å². The van der Waals surface area contributed by atoms with E-state index in [9.17, 15) is 8.42 Å². The molecule has 0 aliphatic heterocycles. The Kier molecular flexibility index (Phi) is 4.96. The van der Waals surface area contributed by atoms with Crippen molar-refractivity contribution in [3.05, 3.63) is 30.3 Å². The molecule has 0 fully saturated rings. The number of benzene rings is 1. The van der Waals surface area contributed by atoms with E-state index in [1.165, 1.54) is 0 Å². The van der Waals surface area contributed by atoms with Gasteiger partial charge in [0.1, 0.15) is 0 Å². The van der Waals surface area contributed by atoms with Crippen LogP contribution in [0.15, 0.2) is 30.3 Å². The lowest BCUT2D eigenvalue weighted by Gasteiger charge is -2.16. The van der Waals surface area contributed by atoms with E-state index in [2.05, 4.69) is 10.0 Å². The second-order valence-corrected chi connectivity index (χ2v) is 6.49. The van der Waals surface area contributed by atoms with E-state index >= 15 is 0 Å². The molecule has 1 atom stereocenters. The maximum absolute atomic E-state index is 12.0. The number of nitrogens with one attached hydrogen (secondary N) is 2. The van der Waals surface area contributed by atoms with Crippen molar-refractivity contribution in [1.29, 1.82) is 0 Å². The molecule has 0 aliphatic rings. The molecule has 2 N–H and O–H groups in total. The van der Waals surface area contributed by atoms with Crippen LogP contribution >= 0.6 is 0 Å². The van der Waals surface area contributed by atoms with Crippen LogP contribution in [0.2, 0.25) is 0 Å². The molecule has 0 saturated carbocycles. The molecule has 96 valence electrons. The maximum atomic E-state index is 12.0. The van der Waals surface area contributed by atoms with E-state index in [4.69, 9.17) is 0 Å². The highest BCUT2D eigenvalue weighted by atomic mass is 32.2. The molecule has 0 bridgehead atoms. The Labute approximate surface area is 103 Å². The summed E-state index contributed by atoms with van der Waals surface area (Å²) >= 11 is 0. The van der Waals surface area contributed by atoms with Crippen LogP contribution in [0.3, 0.4) is 0 Å². The monoisotopic (exact) mass is 256 g/mol. The molecular formula is C12H20N2O2S. The first-order valence-corrected chi connectivity index (χ1v) is 7.26. The molecule has 5 heteroatoms. The summed E-state index contributed by atoms with van der Waals surface area (Å²) in [4.78, 5) is 0. The van der Waals surface area contributed by atoms with Gasteiger partial charge in [-0.05, 0) is 19.1 Å². The molecule has 0 heterocycles. The lowest BCUT2D eigenvalue weighted by molar-refractivity contribution is 0.553. The van der Waals surface area contributed by atoms with E-state index in [1.807, 2.05) is 19.9 Å². The second-order valence-electron chi connectivity index (χ2n) is 4.39. The quantitative estimate of drug-likeness (QED) is 0.816. The summed E-state index contributed by atoms with van der Waals surface area (Å²) in [6.07, 6.45) is 0. The average molecular weight is 256 g/mol. The normalized spacial score (nSPS) is 13.6. The van der Waals surface area contributed by atoms with Crippen molar-refractivity contribution < 1.29 is 8.42 Å². The summed E-state index contributed by atoms with van der Waals surface area (Å²) in [6, 6.07) is 9.20. The topological polar surface area (TPSA) is 58.2 Å². The zero-order valence-corrected chi connectivity index (χ0v) is 11.3. The summed E-state index contributed by atoms with van der Waals surface area (Å²) in [7, 11) is -3.32. The third kappa shape index (κ3) is 4.75. The zero-order chi connectivity index (χ0) is 12.9. The van der Waals surface area contributed by atoms with Gasteiger partial charge in [-0.1, -0.05) is 32.0 Å². The van der Waals surface area contributed by atoms with Gasteiger partial charge in [0.2, 0.25) is 10.0 Å². The second kappa shape index (κ2) is 6.02. The lowest BCUT2D eigenvalue weighted by Crippen LogP contribution is -2.37. The molecule has 0 saturated heterocycles. The van der Waals surface area contributed by atoms with E-state index in [0.717, 1.165) is 0 Å². The Morgan fingerprint density at radius 1 is 1.12 bits per heavy atom. The first-order chi connectivity index (χ1) is 7.92. The first-order valence-electron chi connectivity index (χ1n) is 5.72. The fraction of sp³-hybridized carbons (Fsp3) is 0.500. The molecule has 1 aromatic carbocycles. The Bertz CT molecular complexity index is 429. The van der Waals surface area contributed by atoms with Crippen molar-refractivity contribution >= 4 is 15.7 Å². The van der Waals surface area contributed by atoms with Crippen molar-refractivity contribution in [3.63, 3.8) is 0 Å². The molecule has 0 amide bonds. The van der Waals surface area contributed by atoms with Gasteiger partial charge in [0.05, 0.1) is 5.25 Å². The Morgan fingerprint density at radius 3 is 2.24 bits per heavy atom. The molecule has 0 aliphatic carbocycles. The van der Waals surface area contributed by atoms with E-state index < -0.39 is 15.3 Å². The average Bonchev–Trinajstić information content (AvgIpc) is 2.26. The third-order valence-corrected chi connectivity index (χ3v) is 4.12. The van der Waals surface area contributed by atoms with Gasteiger partial charge in [0, 0.05) is 18.3 Å². The highest BCUT2D eigenvalue weighted by Gasteiger charge is 2.20. The zero-order valence-electron chi connectivity index (χ0n) is 10.5. The highest BCUT2D eigenvalue weighted by molar-refractivity contribution is 7.93. The number of sulfonamides is 1. The summed E-state index contributed by atoms with van der Waals surface area (Å²) in [6.45, 7) is 6.12. The van der Waals surface area contributed by atoms with Gasteiger partial charge in [-0.15, -0.1) is 0 Å². The SMILES string of the molecule is CC(C)NCC(C)S(=O)(=O)Nc1ccccc1. The van der Waals surface area contributed by atoms with Crippen LogP contribution < -0.4 is 10.0 Å². The Morgan fingerprint density at radius 2 is 1.71 bits per heavy atom. The van der Waals surface area contributed by atoms with Crippen LogP contribution in [0.1, 0.15) is 20.8 Å². The number of hydrogen-bond donors (Lipinski definition) is 2. The standard InChI is InChI=1S/C12H20N2O2S/c1-10(2)13-9-11(3)17(15,16)14-12-7-5-4-6-8-12/h4-8,10-11,13-14H,9H2,1-3H3. The van der Waals surface area contributed by atoms with Gasteiger partial charge in [0.15, 0.2) is 0 Å². The largest absolute Gasteiger partial charge is 0.313 e. The smallest absolute Gasteiger partial charge is 0.236 e. The summed E-state index contributed by atoms with van der Waals surface area (Å²) in [5.74, 6) is 0. The fourth-order valence-electron chi connectivity index (χ4n) is 1.28. The summed E-state index contributed by atoms with van der Waals surface area (Å²) < 4.78 is 26.5. The highest BCUT2D eigenvalue weighted by Crippen LogP contribution is 2.10. The number of hydrogen-bond acceptors (Lipinski definition) is 3. The summed E-state index contributed by atoms with van der Waals surface area (Å²) in [5.41, 5.74) is 0.601. The molecule has 1 aromatic rings. The minimum atomic E-state index is -3.32. The molecule has 0 aromatic heterocycles. The van der Waals surface area contributed by atoms with Gasteiger partial charge in [-0.25, -0.2) is 8.42 Å². The van der Waals surface area contributed by atoms with Gasteiger partial charge in [-0.3, -0.25) is 4.72 Å². The van der Waals surface area contributed by atoms with Crippen LogP contribution in [0.25, 0.3) is 0 Å². The van der Waals surface area contributed by atoms with Gasteiger partial charge in [0.25, 0.3) is 0 Å². The number of anilines is 1. The van der Waals surface area contributed by atoms with E-state index in [1.54, 1.807) is 31.2 Å². The fourth-order valence-corrected chi connectivity index (χ4v) is 2.26. The van der Waals surface area contributed by atoms with Crippen molar-refractivity contribution in [2.45, 2.75) is 32.1 Å². The van der Waals surface area contributed by atoms with Crippen LogP contribution in [-0.2, 0) is 10.0 Å².